The molecule has 2 atom stereocenters. The molecule has 0 aliphatic carbocycles. The minimum absolute atomic E-state index is 0.622. The van der Waals surface area contributed by atoms with Crippen LogP contribution in [0.4, 0.5) is 0 Å². The molecule has 0 bridgehead atoms. The van der Waals surface area contributed by atoms with Gasteiger partial charge in [-0.15, -0.1) is 0 Å². The van der Waals surface area contributed by atoms with E-state index in [1.54, 1.807) is 0 Å². The number of hydrogen-bond acceptors (Lipinski definition) is 0. The van der Waals surface area contributed by atoms with E-state index in [1.807, 2.05) is 0 Å². The zero-order valence-electron chi connectivity index (χ0n) is 21.2. The van der Waals surface area contributed by atoms with Crippen molar-refractivity contribution in [3.05, 3.63) is 18.2 Å². The first-order valence-electron chi connectivity index (χ1n) is 13.8. The second-order valence-corrected chi connectivity index (χ2v) is 9.88. The second kappa shape index (κ2) is 18.9. The number of aromatic amines is 1. The van der Waals surface area contributed by atoms with Gasteiger partial charge in [0.1, 0.15) is 12.4 Å². The maximum absolute atomic E-state index is 3.56. The van der Waals surface area contributed by atoms with Gasteiger partial charge in [0, 0.05) is 0 Å². The highest BCUT2D eigenvalue weighted by molar-refractivity contribution is 4.87. The van der Waals surface area contributed by atoms with Crippen LogP contribution in [0.5, 0.6) is 0 Å². The van der Waals surface area contributed by atoms with Crippen LogP contribution < -0.4 is 4.57 Å². The lowest BCUT2D eigenvalue weighted by Crippen LogP contribution is -2.40. The second-order valence-electron chi connectivity index (χ2n) is 9.88. The molecule has 0 saturated heterocycles. The predicted octanol–water partition coefficient (Wildman–Crippen LogP) is 9.42. The van der Waals surface area contributed by atoms with E-state index in [-0.39, 0.29) is 0 Å². The van der Waals surface area contributed by atoms with Gasteiger partial charge in [-0.25, -0.2) is 9.55 Å². The van der Waals surface area contributed by atoms with Crippen molar-refractivity contribution in [2.45, 2.75) is 162 Å². The number of imidazole rings is 1. The molecule has 1 aromatic heterocycles. The van der Waals surface area contributed by atoms with Crippen LogP contribution in [-0.2, 0) is 0 Å². The maximum atomic E-state index is 3.56. The molecule has 0 saturated carbocycles. The summed E-state index contributed by atoms with van der Waals surface area (Å²) in [6, 6.07) is 0.622. The van der Waals surface area contributed by atoms with Crippen molar-refractivity contribution in [2.75, 3.05) is 0 Å². The molecular weight excluding hydrogens is 364 g/mol. The Morgan fingerprint density at radius 1 is 0.633 bits per heavy atom. The molecule has 2 heteroatoms. The van der Waals surface area contributed by atoms with E-state index in [2.05, 4.69) is 49.6 Å². The molecule has 0 aromatic carbocycles. The van der Waals surface area contributed by atoms with Gasteiger partial charge < -0.3 is 0 Å². The zero-order chi connectivity index (χ0) is 21.9. The number of aromatic nitrogens is 2. The average molecular weight is 420 g/mol. The molecule has 176 valence electrons. The van der Waals surface area contributed by atoms with E-state index in [0.29, 0.717) is 12.0 Å². The standard InChI is InChI=1S/C28H54N2/c1-5-7-9-11-13-15-17-19-21-23-27(4)30-25-24-29-28(30)26(3)22-20-18-16-14-12-10-8-6-2/h24-27H,5-23H2,1-4H3/p+1. The van der Waals surface area contributed by atoms with Crippen LogP contribution >= 0.6 is 0 Å². The molecule has 0 aliphatic heterocycles. The van der Waals surface area contributed by atoms with Crippen LogP contribution in [0.2, 0.25) is 0 Å². The van der Waals surface area contributed by atoms with Gasteiger partial charge in [-0.2, -0.15) is 0 Å². The summed E-state index contributed by atoms with van der Waals surface area (Å²) >= 11 is 0. The van der Waals surface area contributed by atoms with Crippen LogP contribution in [0, 0.1) is 0 Å². The molecule has 1 N–H and O–H groups in total. The molecule has 2 unspecified atom stereocenters. The lowest BCUT2D eigenvalue weighted by molar-refractivity contribution is -0.727. The quantitative estimate of drug-likeness (QED) is 0.151. The fourth-order valence-corrected chi connectivity index (χ4v) is 4.75. The first-order chi connectivity index (χ1) is 14.7. The van der Waals surface area contributed by atoms with E-state index >= 15 is 0 Å². The Hall–Kier alpha value is -0.790. The lowest BCUT2D eigenvalue weighted by atomic mass is 10.00. The van der Waals surface area contributed by atoms with Crippen LogP contribution in [0.15, 0.2) is 12.4 Å². The highest BCUT2D eigenvalue weighted by atomic mass is 15.1. The van der Waals surface area contributed by atoms with E-state index in [9.17, 15) is 0 Å². The molecule has 1 heterocycles. The number of unbranched alkanes of at least 4 members (excludes halogenated alkanes) is 15. The van der Waals surface area contributed by atoms with Crippen LogP contribution in [-0.4, -0.2) is 4.98 Å². The van der Waals surface area contributed by atoms with Crippen molar-refractivity contribution in [3.8, 4) is 0 Å². The van der Waals surface area contributed by atoms with Gasteiger partial charge in [0.25, 0.3) is 5.82 Å². The maximum Gasteiger partial charge on any atom is 0.257 e. The van der Waals surface area contributed by atoms with Crippen LogP contribution in [0.1, 0.15) is 167 Å². The normalized spacial score (nSPS) is 13.6. The monoisotopic (exact) mass is 419 g/mol. The molecule has 0 amide bonds. The first-order valence-corrected chi connectivity index (χ1v) is 13.8. The van der Waals surface area contributed by atoms with Gasteiger partial charge in [0.05, 0.1) is 12.0 Å². The van der Waals surface area contributed by atoms with E-state index in [4.69, 9.17) is 0 Å². The van der Waals surface area contributed by atoms with Crippen molar-refractivity contribution in [1.29, 1.82) is 0 Å². The van der Waals surface area contributed by atoms with Crippen LogP contribution in [0.25, 0.3) is 0 Å². The number of nitrogens with zero attached hydrogens (tertiary/aromatic N) is 1. The molecule has 0 fully saturated rings. The Kier molecular flexibility index (Phi) is 17.2. The molecule has 0 radical (unpaired) electrons. The SMILES string of the molecule is CCCCCCCCCCCC(C)[n+]1cc[nH]c1C(C)CCCCCCCCCC. The third-order valence-electron chi connectivity index (χ3n) is 6.90. The fraction of sp³-hybridized carbons (Fsp3) is 0.893. The van der Waals surface area contributed by atoms with Gasteiger partial charge in [-0.3, -0.25) is 0 Å². The van der Waals surface area contributed by atoms with Crippen molar-refractivity contribution in [3.63, 3.8) is 0 Å². The highest BCUT2D eigenvalue weighted by Crippen LogP contribution is 2.21. The topological polar surface area (TPSA) is 19.7 Å². The van der Waals surface area contributed by atoms with Gasteiger partial charge >= 0.3 is 0 Å². The van der Waals surface area contributed by atoms with E-state index in [1.165, 1.54) is 128 Å². The zero-order valence-corrected chi connectivity index (χ0v) is 21.2. The van der Waals surface area contributed by atoms with Gasteiger partial charge in [0.15, 0.2) is 0 Å². The minimum Gasteiger partial charge on any atom is -0.247 e. The first kappa shape index (κ1) is 27.2. The Labute approximate surface area is 189 Å². The van der Waals surface area contributed by atoms with Gasteiger partial charge in [0.2, 0.25) is 0 Å². The third-order valence-corrected chi connectivity index (χ3v) is 6.90. The summed E-state index contributed by atoms with van der Waals surface area (Å²) in [5.41, 5.74) is 0. The van der Waals surface area contributed by atoms with Crippen LogP contribution in [0.3, 0.4) is 0 Å². The number of nitrogens with one attached hydrogen (secondary N) is 1. The summed E-state index contributed by atoms with van der Waals surface area (Å²) in [7, 11) is 0. The number of hydrogen-bond donors (Lipinski definition) is 1. The largest absolute Gasteiger partial charge is 0.257 e. The minimum atomic E-state index is 0.622. The molecule has 1 rings (SSSR count). The molecule has 0 aliphatic rings. The summed E-state index contributed by atoms with van der Waals surface area (Å²) in [6.07, 6.45) is 31.1. The number of rotatable bonds is 21. The molecule has 30 heavy (non-hydrogen) atoms. The van der Waals surface area contributed by atoms with Crippen molar-refractivity contribution in [2.24, 2.45) is 0 Å². The Balaban J connectivity index is 2.15. The summed E-state index contributed by atoms with van der Waals surface area (Å²) in [5.74, 6) is 2.09. The number of H-pyrrole nitrogens is 1. The fourth-order valence-electron chi connectivity index (χ4n) is 4.75. The lowest BCUT2D eigenvalue weighted by Gasteiger charge is -2.14. The molecular formula is C28H55N2+. The summed E-state index contributed by atoms with van der Waals surface area (Å²) in [5, 5.41) is 0. The van der Waals surface area contributed by atoms with Gasteiger partial charge in [-0.05, 0) is 26.2 Å². The predicted molar refractivity (Wildman–Crippen MR) is 133 cm³/mol. The smallest absolute Gasteiger partial charge is 0.247 e. The van der Waals surface area contributed by atoms with Gasteiger partial charge in [-0.1, -0.05) is 124 Å². The Morgan fingerprint density at radius 2 is 1.07 bits per heavy atom. The Bertz CT molecular complexity index is 479. The molecule has 2 nitrogen and oxygen atoms in total. The summed E-state index contributed by atoms with van der Waals surface area (Å²) in [4.78, 5) is 3.56. The highest BCUT2D eigenvalue weighted by Gasteiger charge is 2.22. The molecule has 1 aromatic rings. The summed E-state index contributed by atoms with van der Waals surface area (Å²) < 4.78 is 2.53. The third kappa shape index (κ3) is 12.8. The van der Waals surface area contributed by atoms with Crippen molar-refractivity contribution >= 4 is 0 Å². The van der Waals surface area contributed by atoms with E-state index < -0.39 is 0 Å². The van der Waals surface area contributed by atoms with E-state index in [0.717, 1.165) is 0 Å². The summed E-state index contributed by atoms with van der Waals surface area (Å²) in [6.45, 7) is 9.41. The molecule has 0 spiro atoms. The Morgan fingerprint density at radius 3 is 1.57 bits per heavy atom. The average Bonchev–Trinajstić information content (AvgIpc) is 3.24. The van der Waals surface area contributed by atoms with Crippen molar-refractivity contribution in [1.82, 2.24) is 4.98 Å². The van der Waals surface area contributed by atoms with Crippen molar-refractivity contribution < 1.29 is 4.57 Å².